The van der Waals surface area contributed by atoms with E-state index in [4.69, 9.17) is 48.9 Å². The maximum absolute atomic E-state index is 13.7. The molecule has 20 nitrogen and oxygen atoms in total. The number of nitrogens with zero attached hydrogens (tertiary/aromatic N) is 6. The number of carbonyl (C=O) groups is 4. The van der Waals surface area contributed by atoms with Crippen LogP contribution in [0.4, 0.5) is 0 Å². The molecule has 11 rings (SSSR count). The molecule has 4 amide bonds. The maximum atomic E-state index is 13.7. The second-order valence-electron chi connectivity index (χ2n) is 29.3. The molecule has 0 spiro atoms. The second kappa shape index (κ2) is 48.6. The summed E-state index contributed by atoms with van der Waals surface area (Å²) in [5.74, 6) is 8.34. The van der Waals surface area contributed by atoms with Crippen LogP contribution in [0.5, 0.6) is 23.0 Å². The lowest BCUT2D eigenvalue weighted by Crippen LogP contribution is -2.25. The average Bonchev–Trinajstić information content (AvgIpc) is 1.59. The number of aromatic nitrogens is 8. The first-order valence-electron chi connectivity index (χ1n) is 40.4. The number of hydrogen-bond donors (Lipinski definition) is 6. The van der Waals surface area contributed by atoms with Crippen LogP contribution in [-0.4, -0.2) is 160 Å². The van der Waals surface area contributed by atoms with Crippen molar-refractivity contribution in [2.24, 2.45) is 0 Å². The number of fused-ring (bicyclic) bond motifs is 14. The summed E-state index contributed by atoms with van der Waals surface area (Å²) in [4.78, 5) is 103. The van der Waals surface area contributed by atoms with E-state index in [0.29, 0.717) is 165 Å². The highest BCUT2D eigenvalue weighted by Crippen LogP contribution is 2.49. The molecule has 3 aromatic heterocycles. The number of benzene rings is 6. The van der Waals surface area contributed by atoms with E-state index in [1.807, 2.05) is 79.7 Å². The molecule has 0 atom stereocenters. The number of aromatic amines is 2. The van der Waals surface area contributed by atoms with Crippen LogP contribution >= 0.6 is 133 Å². The van der Waals surface area contributed by atoms with E-state index >= 15 is 0 Å². The molecule has 0 fully saturated rings. The van der Waals surface area contributed by atoms with E-state index in [1.165, 1.54) is 41.8 Å². The van der Waals surface area contributed by atoms with Crippen LogP contribution in [0, 0.1) is 27.7 Å². The van der Waals surface area contributed by atoms with Gasteiger partial charge in [0.15, 0.2) is 23.3 Å². The largest absolute Gasteiger partial charge is 0.490 e. The minimum absolute atomic E-state index is 0.0385. The second-order valence-corrected chi connectivity index (χ2v) is 43.7. The summed E-state index contributed by atoms with van der Waals surface area (Å²) in [7, 11) is 13.6. The zero-order chi connectivity index (χ0) is 84.9. The van der Waals surface area contributed by atoms with Gasteiger partial charge in [-0.1, -0.05) is 157 Å². The number of carbonyl (C=O) groups excluding carboxylic acids is 4. The summed E-state index contributed by atoms with van der Waals surface area (Å²) in [6.45, 7) is 26.3. The highest BCUT2D eigenvalue weighted by Gasteiger charge is 2.31. The molecule has 2 aliphatic heterocycles. The summed E-state index contributed by atoms with van der Waals surface area (Å²) in [6.07, 6.45) is 2.18. The van der Waals surface area contributed by atoms with Crippen molar-refractivity contribution in [3.05, 3.63) is 167 Å². The fourth-order valence-corrected chi connectivity index (χ4v) is 24.1. The maximum Gasteiger partial charge on any atom is 0.220 e. The first-order valence-corrected chi connectivity index (χ1v) is 53.6. The molecule has 8 bridgehead atoms. The number of rotatable bonds is 48. The van der Waals surface area contributed by atoms with Crippen molar-refractivity contribution in [1.29, 1.82) is 0 Å². The number of hydrogen-bond acceptors (Lipinski definition) is 26. The molecule has 2 aliphatic rings. The Morgan fingerprint density at radius 3 is 0.708 bits per heavy atom. The van der Waals surface area contributed by atoms with Crippen molar-refractivity contribution in [2.45, 2.75) is 178 Å². The van der Waals surface area contributed by atoms with Gasteiger partial charge in [0.25, 0.3) is 0 Å². The van der Waals surface area contributed by atoms with E-state index < -0.39 is 0 Å². The molecule has 120 heavy (non-hydrogen) atoms. The van der Waals surface area contributed by atoms with E-state index in [-0.39, 0.29) is 73.7 Å². The Morgan fingerprint density at radius 2 is 0.508 bits per heavy atom. The number of nitrogens with one attached hydrogen (secondary N) is 6. The van der Waals surface area contributed by atoms with E-state index in [2.05, 4.69) is 156 Å². The summed E-state index contributed by atoms with van der Waals surface area (Å²) < 4.78 is 27.1. The van der Waals surface area contributed by atoms with Crippen molar-refractivity contribution >= 4 is 221 Å². The topological polar surface area (TPSA) is 262 Å². The van der Waals surface area contributed by atoms with E-state index in [1.54, 1.807) is 133 Å². The molecule has 6 aromatic carbocycles. The Balaban J connectivity index is 1.01. The fourth-order valence-electron chi connectivity index (χ4n) is 12.1. The van der Waals surface area contributed by atoms with Crippen molar-refractivity contribution < 1.29 is 38.1 Å². The molecular weight excluding hydrogens is 1740 g/mol. The first kappa shape index (κ1) is 94.1. The SMILES string of the molecule is Cc1ccc(SSCCNC(=O)CCCSC2=C(SCCCC(=O)NCCSSc3ccc(C)cc3)c3nc2nc2[nH]c(nc4nc(nc5[nH]c(n3)c3c(OC(C)C)ccc(OC(C)C)c53)C(SCCCC(=O)NCCSSc3ccc(C)cc3)=C4SCCCC(=O)NCCSSc3ccc(C)cc3)c3c(OC(C)C)ccc(OC(C)C)c23)cc1. The molecule has 6 N–H and O–H groups in total. The van der Waals surface area contributed by atoms with Gasteiger partial charge in [-0.15, -0.1) is 47.0 Å². The Hall–Kier alpha value is -6.56. The molecule has 0 unspecified atom stereocenters. The normalized spacial score (nSPS) is 12.3. The lowest BCUT2D eigenvalue weighted by molar-refractivity contribution is -0.121. The third-order valence-corrected chi connectivity index (χ3v) is 32.0. The standard InChI is InChI=1S/C88H106N12O8S12/c1-53(2)105-65-37-38-66(106-54(3)4)74-73(65)81-93-82(74)96-86-79(111-47-15-19-71(103)91-43-51-115-119-63-33-25-59(11)26-34-63)80(112-48-16-20-72(104)92-44-52-116-120-64-35-27-60(12)28-36-64)88(100-86)98-84-76-68(108-56(7)8)40-39-67(107-55(5)6)75(76)83(94-84)97-87-78(110-46-14-18-70(102)90-42-50-114-118-62-31-23-58(10)24-32-62)77(85(95-81)99-87)109-45-13-17-69(101)89-41-49-113-117-61-29-21-57(9)22-30-61/h21-40,53-56H,13-20,41-52H2,1-12H3,(H,89,101)(H,90,102)(H,91,103)(H,92,104)(H2,93,94,95,96,97,98,99,100). The molecular formula is C88H106N12O8S12. The monoisotopic (exact) mass is 1840 g/mol. The summed E-state index contributed by atoms with van der Waals surface area (Å²) in [6, 6.07) is 41.4. The number of aryl methyl sites for hydroxylation is 4. The van der Waals surface area contributed by atoms with Crippen LogP contribution in [0.15, 0.2) is 141 Å². The quantitative estimate of drug-likeness (QED) is 0.0153. The zero-order valence-electron chi connectivity index (χ0n) is 69.8. The Labute approximate surface area is 753 Å². The summed E-state index contributed by atoms with van der Waals surface area (Å²) in [5.41, 5.74) is 6.35. The van der Waals surface area contributed by atoms with Crippen molar-refractivity contribution in [1.82, 2.24) is 61.1 Å². The average molecular weight is 1840 g/mol. The predicted octanol–water partition coefficient (Wildman–Crippen LogP) is 22.5. The molecule has 0 radical (unpaired) electrons. The zero-order valence-corrected chi connectivity index (χ0v) is 79.6. The highest BCUT2D eigenvalue weighted by molar-refractivity contribution is 8.77. The summed E-state index contributed by atoms with van der Waals surface area (Å²) in [5, 5.41) is 15.0. The molecule has 0 aliphatic carbocycles. The molecule has 5 heterocycles. The molecule has 0 saturated heterocycles. The van der Waals surface area contributed by atoms with Gasteiger partial charge in [-0.25, -0.2) is 29.9 Å². The molecule has 638 valence electrons. The van der Waals surface area contributed by atoms with Crippen LogP contribution in [-0.2, 0) is 19.2 Å². The van der Waals surface area contributed by atoms with Gasteiger partial charge in [0.1, 0.15) is 45.6 Å². The first-order chi connectivity index (χ1) is 58.1. The van der Waals surface area contributed by atoms with Crippen LogP contribution in [0.1, 0.15) is 152 Å². The van der Waals surface area contributed by atoms with E-state index in [0.717, 1.165) is 42.6 Å². The predicted molar refractivity (Wildman–Crippen MR) is 521 cm³/mol. The number of thioether (sulfide) groups is 4. The van der Waals surface area contributed by atoms with Gasteiger partial charge in [0, 0.05) is 94.5 Å². The number of ether oxygens (including phenoxy) is 4. The van der Waals surface area contributed by atoms with Crippen molar-refractivity contribution in [3.8, 4) is 23.0 Å². The Morgan fingerprint density at radius 1 is 0.300 bits per heavy atom. The van der Waals surface area contributed by atoms with Crippen molar-refractivity contribution in [2.75, 3.05) is 72.2 Å². The lowest BCUT2D eigenvalue weighted by Gasteiger charge is -2.15. The van der Waals surface area contributed by atoms with Gasteiger partial charge >= 0.3 is 0 Å². The third-order valence-electron chi connectivity index (χ3n) is 17.6. The minimum atomic E-state index is -0.272. The third kappa shape index (κ3) is 29.3. The molecule has 9 aromatic rings. The smallest absolute Gasteiger partial charge is 0.220 e. The lowest BCUT2D eigenvalue weighted by atomic mass is 10.1. The highest BCUT2D eigenvalue weighted by atomic mass is 33.1. The van der Waals surface area contributed by atoms with Gasteiger partial charge in [0.05, 0.1) is 65.6 Å². The van der Waals surface area contributed by atoms with Gasteiger partial charge in [-0.05, 0) is 205 Å². The summed E-state index contributed by atoms with van der Waals surface area (Å²) >= 11 is 6.20. The van der Waals surface area contributed by atoms with Crippen LogP contribution in [0.2, 0.25) is 0 Å². The van der Waals surface area contributed by atoms with Crippen molar-refractivity contribution in [3.63, 3.8) is 0 Å². The van der Waals surface area contributed by atoms with E-state index in [9.17, 15) is 19.2 Å². The Kier molecular flexibility index (Phi) is 38.1. The minimum Gasteiger partial charge on any atom is -0.490 e. The van der Waals surface area contributed by atoms with Crippen LogP contribution < -0.4 is 40.2 Å². The van der Waals surface area contributed by atoms with Gasteiger partial charge < -0.3 is 50.2 Å². The van der Waals surface area contributed by atoms with Gasteiger partial charge in [-0.2, -0.15) is 0 Å². The van der Waals surface area contributed by atoms with Crippen LogP contribution in [0.3, 0.4) is 0 Å². The Bertz CT molecular complexity index is 4560. The fraction of sp³-hybridized carbons (Fsp3) is 0.409. The molecule has 32 heteroatoms. The van der Waals surface area contributed by atoms with Crippen LogP contribution in [0.25, 0.3) is 63.8 Å². The molecule has 0 saturated carbocycles. The number of H-pyrrole nitrogens is 2. The van der Waals surface area contributed by atoms with Gasteiger partial charge in [-0.3, -0.25) is 19.2 Å². The number of amides is 4. The van der Waals surface area contributed by atoms with Gasteiger partial charge in [0.2, 0.25) is 23.6 Å².